The number of carboxylic acids is 1. The maximum atomic E-state index is 14.4. The zero-order valence-electron chi connectivity index (χ0n) is 28.1. The molecule has 3 aromatic carbocycles. The van der Waals surface area contributed by atoms with Crippen LogP contribution in [0, 0.1) is 19.8 Å². The highest BCUT2D eigenvalue weighted by atomic mass is 19.4. The number of halogens is 3. The second kappa shape index (κ2) is 15.1. The van der Waals surface area contributed by atoms with Crippen LogP contribution in [0.15, 0.2) is 60.8 Å². The molecule has 1 amide bonds. The summed E-state index contributed by atoms with van der Waals surface area (Å²) in [5, 5.41) is 21.7. The van der Waals surface area contributed by atoms with Crippen LogP contribution in [0.2, 0.25) is 0 Å². The van der Waals surface area contributed by atoms with Crippen molar-refractivity contribution in [1.82, 2.24) is 9.88 Å². The van der Waals surface area contributed by atoms with Gasteiger partial charge in [-0.1, -0.05) is 42.5 Å². The number of aromatic nitrogens is 1. The van der Waals surface area contributed by atoms with Gasteiger partial charge in [-0.2, -0.15) is 13.2 Å². The second-order valence-electron chi connectivity index (χ2n) is 12.1. The fraction of sp³-hybridized carbons (Fsp3) is 0.289. The maximum Gasteiger partial charge on any atom is 0.417 e. The Morgan fingerprint density at radius 2 is 1.62 bits per heavy atom. The first kappa shape index (κ1) is 36.1. The van der Waals surface area contributed by atoms with Gasteiger partial charge in [-0.25, -0.2) is 0 Å². The van der Waals surface area contributed by atoms with E-state index in [9.17, 15) is 33.0 Å². The molecule has 0 aliphatic carbocycles. The van der Waals surface area contributed by atoms with Crippen molar-refractivity contribution in [2.24, 2.45) is 5.92 Å². The molecule has 50 heavy (non-hydrogen) atoms. The molecule has 1 aromatic heterocycles. The van der Waals surface area contributed by atoms with Gasteiger partial charge in [0.15, 0.2) is 0 Å². The Morgan fingerprint density at radius 3 is 2.26 bits per heavy atom. The number of anilines is 1. The number of aliphatic hydroxyl groups excluding tert-OH is 1. The van der Waals surface area contributed by atoms with Crippen LogP contribution in [-0.4, -0.2) is 59.3 Å². The van der Waals surface area contributed by atoms with E-state index in [1.54, 1.807) is 18.2 Å². The highest BCUT2D eigenvalue weighted by Gasteiger charge is 2.35. The number of aliphatic hydroxyl groups is 1. The zero-order valence-corrected chi connectivity index (χ0v) is 28.1. The highest BCUT2D eigenvalue weighted by molar-refractivity contribution is 6.04. The number of likely N-dealkylation sites (tertiary alicyclic amines) is 1. The average molecular weight is 690 g/mol. The van der Waals surface area contributed by atoms with Crippen LogP contribution in [0.1, 0.15) is 55.9 Å². The lowest BCUT2D eigenvalue weighted by Gasteiger charge is -2.20. The van der Waals surface area contributed by atoms with Crippen molar-refractivity contribution in [3.63, 3.8) is 0 Å². The Labute approximate surface area is 288 Å². The molecule has 1 aliphatic heterocycles. The number of nitrogens with one attached hydrogen (secondary N) is 1. The minimum absolute atomic E-state index is 0.0640. The lowest BCUT2D eigenvalue weighted by Crippen LogP contribution is -2.23. The molecule has 0 spiro atoms. The lowest BCUT2D eigenvalue weighted by atomic mass is 9.92. The van der Waals surface area contributed by atoms with Crippen LogP contribution in [0.5, 0.6) is 11.5 Å². The number of aliphatic carboxylic acids is 1. The summed E-state index contributed by atoms with van der Waals surface area (Å²) in [6, 6.07) is 14.9. The summed E-state index contributed by atoms with van der Waals surface area (Å²) < 4.78 is 53.9. The van der Waals surface area contributed by atoms with Crippen LogP contribution < -0.4 is 14.8 Å². The minimum atomic E-state index is -4.64. The topological polar surface area (TPSA) is 121 Å². The quantitative estimate of drug-likeness (QED) is 0.141. The maximum absolute atomic E-state index is 14.4. The van der Waals surface area contributed by atoms with Gasteiger partial charge in [-0.05, 0) is 78.4 Å². The van der Waals surface area contributed by atoms with Gasteiger partial charge >= 0.3 is 12.1 Å². The molecular weight excluding hydrogens is 651 g/mol. The molecular formula is C38H38F3N3O6. The largest absolute Gasteiger partial charge is 0.496 e. The molecule has 1 saturated heterocycles. The molecule has 2 heterocycles. The molecule has 5 rings (SSSR count). The number of methoxy groups -OCH3 is 2. The van der Waals surface area contributed by atoms with Gasteiger partial charge in [0.25, 0.3) is 5.91 Å². The molecule has 0 radical (unpaired) electrons. The monoisotopic (exact) mass is 689 g/mol. The van der Waals surface area contributed by atoms with Gasteiger partial charge in [0.1, 0.15) is 17.2 Å². The molecule has 0 unspecified atom stereocenters. The van der Waals surface area contributed by atoms with E-state index in [4.69, 9.17) is 9.47 Å². The van der Waals surface area contributed by atoms with E-state index in [0.29, 0.717) is 41.1 Å². The first-order valence-electron chi connectivity index (χ1n) is 15.9. The number of nitrogens with zero attached hydrogens (tertiary/aromatic N) is 2. The third-order valence-electron chi connectivity index (χ3n) is 9.03. The standard InChI is InChI=1S/C38H38F3N3O6/c1-22-24(11-12-25-16-34(49-3)27(15-31(25)38(39,40)41)20-44-14-13-26(19-44)37(47)48)7-5-8-29(22)30-9-6-10-32(23(30)2)43-36(46)33-17-35(50-4)28(21-45)18-42-33/h5-12,15-18,26,45H,13-14,19-21H2,1-4H3,(H,43,46)(H,47,48)/b12-11+/t26-/m1/s1. The summed E-state index contributed by atoms with van der Waals surface area (Å²) in [6.45, 7) is 4.33. The van der Waals surface area contributed by atoms with E-state index in [1.165, 1.54) is 38.6 Å². The number of benzene rings is 3. The normalized spacial score (nSPS) is 15.0. The molecule has 1 atom stereocenters. The molecule has 0 saturated carbocycles. The first-order valence-corrected chi connectivity index (χ1v) is 15.9. The smallest absolute Gasteiger partial charge is 0.417 e. The number of carbonyl (C=O) groups excluding carboxylic acids is 1. The molecule has 262 valence electrons. The van der Waals surface area contributed by atoms with Crippen LogP contribution in [0.25, 0.3) is 23.3 Å². The van der Waals surface area contributed by atoms with Crippen LogP contribution >= 0.6 is 0 Å². The third kappa shape index (κ3) is 7.82. The fourth-order valence-corrected chi connectivity index (χ4v) is 6.21. The summed E-state index contributed by atoms with van der Waals surface area (Å²) in [5.41, 5.74) is 4.52. The number of alkyl halides is 3. The Kier molecular flexibility index (Phi) is 10.9. The predicted octanol–water partition coefficient (Wildman–Crippen LogP) is 7.22. The number of hydrogen-bond acceptors (Lipinski definition) is 7. The molecule has 0 bridgehead atoms. The number of rotatable bonds is 11. The van der Waals surface area contributed by atoms with Gasteiger partial charge < -0.3 is 25.0 Å². The van der Waals surface area contributed by atoms with E-state index >= 15 is 0 Å². The van der Waals surface area contributed by atoms with Gasteiger partial charge in [-0.15, -0.1) is 0 Å². The number of ether oxygens (including phenoxy) is 2. The summed E-state index contributed by atoms with van der Waals surface area (Å²) in [4.78, 5) is 30.5. The van der Waals surface area contributed by atoms with E-state index in [1.807, 2.05) is 43.0 Å². The van der Waals surface area contributed by atoms with E-state index in [-0.39, 0.29) is 36.7 Å². The summed E-state index contributed by atoms with van der Waals surface area (Å²) in [5.74, 6) is -1.30. The third-order valence-corrected chi connectivity index (χ3v) is 9.03. The molecule has 4 aromatic rings. The molecule has 9 nitrogen and oxygen atoms in total. The summed E-state index contributed by atoms with van der Waals surface area (Å²) in [6.07, 6.45) is 0.236. The van der Waals surface area contributed by atoms with Crippen molar-refractivity contribution in [3.05, 3.63) is 105 Å². The Morgan fingerprint density at radius 1 is 0.960 bits per heavy atom. The zero-order chi connectivity index (χ0) is 36.2. The number of carbonyl (C=O) groups is 2. The first-order chi connectivity index (χ1) is 23.8. The van der Waals surface area contributed by atoms with Crippen LogP contribution in [-0.2, 0) is 24.1 Å². The Balaban J connectivity index is 1.43. The number of amides is 1. The van der Waals surface area contributed by atoms with E-state index < -0.39 is 29.5 Å². The van der Waals surface area contributed by atoms with E-state index in [0.717, 1.165) is 28.3 Å². The van der Waals surface area contributed by atoms with Crippen molar-refractivity contribution in [2.75, 3.05) is 32.6 Å². The SMILES string of the molecule is COc1cc(C(=O)Nc2cccc(-c3cccc(/C=C/c4cc(OC)c(CN5CC[C@@H](C(=O)O)C5)cc4C(F)(F)F)c3C)c2C)ncc1CO. The van der Waals surface area contributed by atoms with Crippen molar-refractivity contribution in [1.29, 1.82) is 0 Å². The Hall–Kier alpha value is -5.20. The van der Waals surface area contributed by atoms with Gasteiger partial charge in [0.2, 0.25) is 0 Å². The lowest BCUT2D eigenvalue weighted by molar-refractivity contribution is -0.141. The van der Waals surface area contributed by atoms with Gasteiger partial charge in [-0.3, -0.25) is 19.5 Å². The van der Waals surface area contributed by atoms with Crippen LogP contribution in [0.4, 0.5) is 18.9 Å². The van der Waals surface area contributed by atoms with Gasteiger partial charge in [0, 0.05) is 42.2 Å². The van der Waals surface area contributed by atoms with E-state index in [2.05, 4.69) is 10.3 Å². The predicted molar refractivity (Wildman–Crippen MR) is 184 cm³/mol. The molecule has 3 N–H and O–H groups in total. The van der Waals surface area contributed by atoms with Crippen molar-refractivity contribution in [3.8, 4) is 22.6 Å². The number of hydrogen-bond donors (Lipinski definition) is 3. The number of carboxylic acid groups (broad SMARTS) is 1. The Bertz CT molecular complexity index is 1940. The fourth-order valence-electron chi connectivity index (χ4n) is 6.21. The van der Waals surface area contributed by atoms with Crippen molar-refractivity contribution in [2.45, 2.75) is 39.6 Å². The summed E-state index contributed by atoms with van der Waals surface area (Å²) in [7, 11) is 2.84. The molecule has 1 aliphatic rings. The van der Waals surface area contributed by atoms with Crippen molar-refractivity contribution < 1.29 is 42.4 Å². The second-order valence-corrected chi connectivity index (χ2v) is 12.1. The van der Waals surface area contributed by atoms with Gasteiger partial charge in [0.05, 0.1) is 32.3 Å². The summed E-state index contributed by atoms with van der Waals surface area (Å²) >= 11 is 0. The molecule has 12 heteroatoms. The van der Waals surface area contributed by atoms with Crippen LogP contribution in [0.3, 0.4) is 0 Å². The number of pyridine rings is 1. The molecule has 1 fully saturated rings. The van der Waals surface area contributed by atoms with Crippen molar-refractivity contribution >= 4 is 29.7 Å². The minimum Gasteiger partial charge on any atom is -0.496 e. The highest BCUT2D eigenvalue weighted by Crippen LogP contribution is 2.38. The average Bonchev–Trinajstić information content (AvgIpc) is 3.57.